The highest BCUT2D eigenvalue weighted by Gasteiger charge is 2.24. The number of benzene rings is 1. The molecule has 1 unspecified atom stereocenters. The standard InChI is InChI=1S/C16H22ClNO2/c1-20-15-8-5-6-13(10-15)11-16(19)18-9-4-2-3-7-14(18)12-17/h5-6,8,10,14H,2-4,7,9,11-12H2,1H3. The highest BCUT2D eigenvalue weighted by molar-refractivity contribution is 6.18. The summed E-state index contributed by atoms with van der Waals surface area (Å²) in [6.45, 7) is 0.834. The average Bonchev–Trinajstić information content (AvgIpc) is 2.72. The van der Waals surface area contributed by atoms with Crippen LogP contribution in [0.5, 0.6) is 5.75 Å². The fourth-order valence-corrected chi connectivity index (χ4v) is 3.05. The van der Waals surface area contributed by atoms with Gasteiger partial charge in [0.25, 0.3) is 0 Å². The number of ether oxygens (including phenoxy) is 1. The van der Waals surface area contributed by atoms with Crippen LogP contribution in [0.4, 0.5) is 0 Å². The second kappa shape index (κ2) is 7.53. The molecule has 1 aromatic rings. The van der Waals surface area contributed by atoms with Crippen molar-refractivity contribution in [2.75, 3.05) is 19.5 Å². The SMILES string of the molecule is COc1cccc(CC(=O)N2CCCCCC2CCl)c1. The predicted octanol–water partition coefficient (Wildman–Crippen LogP) is 3.25. The number of hydrogen-bond acceptors (Lipinski definition) is 2. The van der Waals surface area contributed by atoms with E-state index in [0.717, 1.165) is 30.7 Å². The number of halogens is 1. The first kappa shape index (κ1) is 15.2. The number of rotatable bonds is 4. The van der Waals surface area contributed by atoms with Crippen molar-refractivity contribution in [3.8, 4) is 5.75 Å². The molecule has 1 atom stereocenters. The lowest BCUT2D eigenvalue weighted by molar-refractivity contribution is -0.132. The first-order valence-corrected chi connectivity index (χ1v) is 7.76. The van der Waals surface area contributed by atoms with E-state index in [-0.39, 0.29) is 11.9 Å². The number of nitrogens with zero attached hydrogens (tertiary/aromatic N) is 1. The number of amides is 1. The summed E-state index contributed by atoms with van der Waals surface area (Å²) in [5.74, 6) is 1.50. The molecule has 1 fully saturated rings. The maximum Gasteiger partial charge on any atom is 0.227 e. The van der Waals surface area contributed by atoms with Crippen LogP contribution in [-0.2, 0) is 11.2 Å². The molecule has 110 valence electrons. The maximum absolute atomic E-state index is 12.5. The van der Waals surface area contributed by atoms with Gasteiger partial charge in [-0.15, -0.1) is 11.6 Å². The van der Waals surface area contributed by atoms with E-state index in [1.54, 1.807) is 7.11 Å². The number of alkyl halides is 1. The van der Waals surface area contributed by atoms with Crippen LogP contribution in [0.2, 0.25) is 0 Å². The van der Waals surface area contributed by atoms with Crippen LogP contribution >= 0.6 is 11.6 Å². The van der Waals surface area contributed by atoms with Crippen LogP contribution < -0.4 is 4.74 Å². The van der Waals surface area contributed by atoms with Crippen molar-refractivity contribution in [2.45, 2.75) is 38.1 Å². The minimum absolute atomic E-state index is 0.172. The molecule has 4 heteroatoms. The smallest absolute Gasteiger partial charge is 0.227 e. The minimum Gasteiger partial charge on any atom is -0.497 e. The minimum atomic E-state index is 0.172. The van der Waals surface area contributed by atoms with Gasteiger partial charge in [-0.2, -0.15) is 0 Å². The zero-order valence-electron chi connectivity index (χ0n) is 12.0. The van der Waals surface area contributed by atoms with E-state index in [1.165, 1.54) is 12.8 Å². The van der Waals surface area contributed by atoms with E-state index in [1.807, 2.05) is 29.2 Å². The summed E-state index contributed by atoms with van der Waals surface area (Å²) >= 11 is 6.03. The molecule has 3 nitrogen and oxygen atoms in total. The van der Waals surface area contributed by atoms with Gasteiger partial charge in [-0.3, -0.25) is 4.79 Å². The molecule has 1 aromatic carbocycles. The fraction of sp³-hybridized carbons (Fsp3) is 0.562. The Hall–Kier alpha value is -1.22. The van der Waals surface area contributed by atoms with E-state index in [4.69, 9.17) is 16.3 Å². The monoisotopic (exact) mass is 295 g/mol. The Morgan fingerprint density at radius 3 is 3.00 bits per heavy atom. The lowest BCUT2D eigenvalue weighted by atomic mass is 10.1. The summed E-state index contributed by atoms with van der Waals surface area (Å²) in [4.78, 5) is 14.5. The van der Waals surface area contributed by atoms with Gasteiger partial charge in [0.15, 0.2) is 0 Å². The van der Waals surface area contributed by atoms with Crippen LogP contribution in [-0.4, -0.2) is 36.4 Å². The molecular formula is C16H22ClNO2. The van der Waals surface area contributed by atoms with Crippen LogP contribution in [0, 0.1) is 0 Å². The lowest BCUT2D eigenvalue weighted by Gasteiger charge is -2.28. The summed E-state index contributed by atoms with van der Waals surface area (Å²) in [5, 5.41) is 0. The Balaban J connectivity index is 2.05. The summed E-state index contributed by atoms with van der Waals surface area (Å²) in [6, 6.07) is 7.89. The Kier molecular flexibility index (Phi) is 5.72. The third-order valence-electron chi connectivity index (χ3n) is 3.87. The van der Waals surface area contributed by atoms with Gasteiger partial charge in [-0.1, -0.05) is 25.0 Å². The van der Waals surface area contributed by atoms with Crippen molar-refractivity contribution in [1.82, 2.24) is 4.90 Å². The molecular weight excluding hydrogens is 274 g/mol. The average molecular weight is 296 g/mol. The molecule has 0 radical (unpaired) electrons. The zero-order valence-corrected chi connectivity index (χ0v) is 12.7. The van der Waals surface area contributed by atoms with Gasteiger partial charge in [-0.05, 0) is 30.5 Å². The Bertz CT molecular complexity index is 450. The maximum atomic E-state index is 12.5. The van der Waals surface area contributed by atoms with Gasteiger partial charge < -0.3 is 9.64 Å². The zero-order chi connectivity index (χ0) is 14.4. The number of carbonyl (C=O) groups is 1. The molecule has 0 aromatic heterocycles. The first-order valence-electron chi connectivity index (χ1n) is 7.23. The van der Waals surface area contributed by atoms with Crippen molar-refractivity contribution in [2.24, 2.45) is 0 Å². The number of carbonyl (C=O) groups excluding carboxylic acids is 1. The second-order valence-corrected chi connectivity index (χ2v) is 5.58. The normalized spacial score (nSPS) is 19.5. The lowest BCUT2D eigenvalue weighted by Crippen LogP contribution is -2.41. The number of likely N-dealkylation sites (tertiary alicyclic amines) is 1. The van der Waals surface area contributed by atoms with Gasteiger partial charge in [0.2, 0.25) is 5.91 Å². The summed E-state index contributed by atoms with van der Waals surface area (Å²) in [5.41, 5.74) is 0.993. The van der Waals surface area contributed by atoms with E-state index in [2.05, 4.69) is 0 Å². The molecule has 1 aliphatic rings. The molecule has 1 heterocycles. The summed E-state index contributed by atoms with van der Waals surface area (Å²) in [6.07, 6.45) is 4.88. The van der Waals surface area contributed by atoms with Crippen LogP contribution in [0.1, 0.15) is 31.2 Å². The Labute approximate surface area is 125 Å². The summed E-state index contributed by atoms with van der Waals surface area (Å²) in [7, 11) is 1.64. The second-order valence-electron chi connectivity index (χ2n) is 5.27. The van der Waals surface area contributed by atoms with Crippen molar-refractivity contribution < 1.29 is 9.53 Å². The molecule has 1 aliphatic heterocycles. The number of hydrogen-bond donors (Lipinski definition) is 0. The Morgan fingerprint density at radius 1 is 1.40 bits per heavy atom. The van der Waals surface area contributed by atoms with E-state index < -0.39 is 0 Å². The van der Waals surface area contributed by atoms with Gasteiger partial charge in [0.1, 0.15) is 5.75 Å². The van der Waals surface area contributed by atoms with Gasteiger partial charge >= 0.3 is 0 Å². The third-order valence-corrected chi connectivity index (χ3v) is 4.22. The molecule has 1 amide bonds. The molecule has 0 saturated carbocycles. The van der Waals surface area contributed by atoms with Crippen molar-refractivity contribution in [1.29, 1.82) is 0 Å². The van der Waals surface area contributed by atoms with Gasteiger partial charge in [0.05, 0.1) is 13.5 Å². The molecule has 20 heavy (non-hydrogen) atoms. The largest absolute Gasteiger partial charge is 0.497 e. The number of methoxy groups -OCH3 is 1. The quantitative estimate of drug-likeness (QED) is 0.798. The highest BCUT2D eigenvalue weighted by atomic mass is 35.5. The Morgan fingerprint density at radius 2 is 2.25 bits per heavy atom. The van der Waals surface area contributed by atoms with Crippen molar-refractivity contribution >= 4 is 17.5 Å². The first-order chi connectivity index (χ1) is 9.74. The third kappa shape index (κ3) is 3.89. The molecule has 1 saturated heterocycles. The van der Waals surface area contributed by atoms with Crippen LogP contribution in [0.15, 0.2) is 24.3 Å². The van der Waals surface area contributed by atoms with E-state index >= 15 is 0 Å². The fourth-order valence-electron chi connectivity index (χ4n) is 2.72. The molecule has 0 spiro atoms. The van der Waals surface area contributed by atoms with Crippen LogP contribution in [0.3, 0.4) is 0 Å². The van der Waals surface area contributed by atoms with Gasteiger partial charge in [-0.25, -0.2) is 0 Å². The van der Waals surface area contributed by atoms with E-state index in [0.29, 0.717) is 12.3 Å². The topological polar surface area (TPSA) is 29.5 Å². The van der Waals surface area contributed by atoms with E-state index in [9.17, 15) is 4.79 Å². The highest BCUT2D eigenvalue weighted by Crippen LogP contribution is 2.20. The molecule has 0 aliphatic carbocycles. The summed E-state index contributed by atoms with van der Waals surface area (Å²) < 4.78 is 5.20. The predicted molar refractivity (Wildman–Crippen MR) is 81.4 cm³/mol. The molecule has 0 bridgehead atoms. The van der Waals surface area contributed by atoms with Gasteiger partial charge in [0, 0.05) is 18.5 Å². The van der Waals surface area contributed by atoms with Crippen LogP contribution in [0.25, 0.3) is 0 Å². The molecule has 0 N–H and O–H groups in total. The molecule has 2 rings (SSSR count). The van der Waals surface area contributed by atoms with Crippen molar-refractivity contribution in [3.05, 3.63) is 29.8 Å². The van der Waals surface area contributed by atoms with Crippen molar-refractivity contribution in [3.63, 3.8) is 0 Å².